The second-order valence-corrected chi connectivity index (χ2v) is 9.04. The minimum atomic E-state index is -0.729. The van der Waals surface area contributed by atoms with Gasteiger partial charge in [0.15, 0.2) is 0 Å². The van der Waals surface area contributed by atoms with Crippen LogP contribution >= 0.6 is 0 Å². The fraction of sp³-hybridized carbons (Fsp3) is 0.167. The normalized spacial score (nSPS) is 18.1. The largest absolute Gasteiger partial charge is 0.508 e. The molecule has 1 saturated heterocycles. The number of halogens is 1. The summed E-state index contributed by atoms with van der Waals surface area (Å²) in [5, 5.41) is 31.2. The second-order valence-electron chi connectivity index (χ2n) is 9.04. The predicted molar refractivity (Wildman–Crippen MR) is 136 cm³/mol. The topological polar surface area (TPSA) is 81.0 Å². The third-order valence-electron chi connectivity index (χ3n) is 6.81. The van der Waals surface area contributed by atoms with E-state index in [1.54, 1.807) is 54.6 Å². The van der Waals surface area contributed by atoms with E-state index in [2.05, 4.69) is 0 Å². The lowest BCUT2D eigenvalue weighted by molar-refractivity contribution is -0.131. The Bertz CT molecular complexity index is 1370. The van der Waals surface area contributed by atoms with Crippen molar-refractivity contribution in [2.75, 3.05) is 4.90 Å². The molecule has 0 radical (unpaired) electrons. The summed E-state index contributed by atoms with van der Waals surface area (Å²) in [5.74, 6) is -1.14. The Morgan fingerprint density at radius 3 is 2.19 bits per heavy atom. The first kappa shape index (κ1) is 23.6. The highest BCUT2D eigenvalue weighted by Gasteiger charge is 2.50. The van der Waals surface area contributed by atoms with Crippen LogP contribution in [0, 0.1) is 11.7 Å². The number of aromatic hydroxyl groups is 2. The number of aliphatic hydroxyl groups is 1. The molecular formula is C30H26FNO4. The highest BCUT2D eigenvalue weighted by Crippen LogP contribution is 2.49. The highest BCUT2D eigenvalue weighted by molar-refractivity contribution is 6.03. The van der Waals surface area contributed by atoms with E-state index in [0.717, 1.165) is 16.7 Å². The van der Waals surface area contributed by atoms with E-state index in [9.17, 15) is 24.5 Å². The number of carbonyl (C=O) groups excluding carboxylic acids is 1. The Morgan fingerprint density at radius 2 is 1.50 bits per heavy atom. The lowest BCUT2D eigenvalue weighted by Crippen LogP contribution is -2.55. The number of para-hydroxylation sites is 1. The number of rotatable bonds is 7. The van der Waals surface area contributed by atoms with Crippen LogP contribution < -0.4 is 4.90 Å². The van der Waals surface area contributed by atoms with Crippen molar-refractivity contribution in [1.82, 2.24) is 0 Å². The van der Waals surface area contributed by atoms with Gasteiger partial charge < -0.3 is 20.2 Å². The van der Waals surface area contributed by atoms with E-state index in [4.69, 9.17) is 0 Å². The third kappa shape index (κ3) is 4.43. The smallest absolute Gasteiger partial charge is 0.233 e. The van der Waals surface area contributed by atoms with Gasteiger partial charge in [0, 0.05) is 5.56 Å². The summed E-state index contributed by atoms with van der Waals surface area (Å²) in [5.41, 5.74) is 3.00. The average Bonchev–Trinajstić information content (AvgIpc) is 2.89. The summed E-state index contributed by atoms with van der Waals surface area (Å²) in [6.07, 6.45) is 0.00513. The summed E-state index contributed by atoms with van der Waals surface area (Å²) >= 11 is 0. The van der Waals surface area contributed by atoms with E-state index in [1.165, 1.54) is 11.0 Å². The number of hydrogen-bond donors (Lipinski definition) is 3. The molecule has 1 amide bonds. The fourth-order valence-corrected chi connectivity index (χ4v) is 4.91. The number of phenolic OH excluding ortho intramolecular Hbond substituents is 2. The second kappa shape index (κ2) is 9.84. The summed E-state index contributed by atoms with van der Waals surface area (Å²) in [4.78, 5) is 14.6. The van der Waals surface area contributed by atoms with Gasteiger partial charge in [-0.3, -0.25) is 4.79 Å². The Morgan fingerprint density at radius 1 is 0.833 bits per heavy atom. The van der Waals surface area contributed by atoms with Crippen LogP contribution in [0.25, 0.3) is 11.1 Å². The first-order chi connectivity index (χ1) is 17.4. The fourth-order valence-electron chi connectivity index (χ4n) is 4.91. The van der Waals surface area contributed by atoms with Crippen molar-refractivity contribution in [1.29, 1.82) is 0 Å². The van der Waals surface area contributed by atoms with E-state index in [1.807, 2.05) is 36.4 Å². The van der Waals surface area contributed by atoms with E-state index in [0.29, 0.717) is 18.4 Å². The average molecular weight is 484 g/mol. The van der Waals surface area contributed by atoms with Gasteiger partial charge in [0.2, 0.25) is 5.91 Å². The van der Waals surface area contributed by atoms with E-state index < -0.39 is 23.9 Å². The third-order valence-corrected chi connectivity index (χ3v) is 6.81. The number of amides is 1. The zero-order valence-electron chi connectivity index (χ0n) is 19.5. The number of hydrogen-bond acceptors (Lipinski definition) is 4. The van der Waals surface area contributed by atoms with Gasteiger partial charge in [-0.25, -0.2) is 4.39 Å². The molecule has 0 bridgehead atoms. The molecule has 0 aromatic heterocycles. The van der Waals surface area contributed by atoms with Gasteiger partial charge in [-0.05, 0) is 59.9 Å². The van der Waals surface area contributed by atoms with Crippen molar-refractivity contribution in [3.05, 3.63) is 114 Å². The van der Waals surface area contributed by atoms with Gasteiger partial charge in [0.25, 0.3) is 0 Å². The van der Waals surface area contributed by atoms with Crippen LogP contribution in [0.2, 0.25) is 0 Å². The van der Waals surface area contributed by atoms with Crippen LogP contribution in [0.15, 0.2) is 97.1 Å². The molecule has 4 aromatic rings. The Balaban J connectivity index is 1.46. The number of carbonyl (C=O) groups is 1. The van der Waals surface area contributed by atoms with Crippen molar-refractivity contribution in [2.45, 2.75) is 25.0 Å². The summed E-state index contributed by atoms with van der Waals surface area (Å²) in [7, 11) is 0. The highest BCUT2D eigenvalue weighted by atomic mass is 19.1. The van der Waals surface area contributed by atoms with Crippen molar-refractivity contribution in [3.8, 4) is 22.6 Å². The van der Waals surface area contributed by atoms with Gasteiger partial charge in [0.1, 0.15) is 17.3 Å². The molecule has 1 heterocycles. The summed E-state index contributed by atoms with van der Waals surface area (Å²) in [6.45, 7) is 0. The van der Waals surface area contributed by atoms with E-state index >= 15 is 0 Å². The van der Waals surface area contributed by atoms with Crippen LogP contribution in [0.4, 0.5) is 10.1 Å². The molecule has 0 unspecified atom stereocenters. The van der Waals surface area contributed by atoms with Crippen molar-refractivity contribution < 1.29 is 24.5 Å². The molecule has 1 aliphatic heterocycles. The van der Waals surface area contributed by atoms with Crippen LogP contribution in [0.5, 0.6) is 11.5 Å². The molecular weight excluding hydrogens is 457 g/mol. The first-order valence-electron chi connectivity index (χ1n) is 11.9. The Labute approximate surface area is 208 Å². The molecule has 1 fully saturated rings. The minimum Gasteiger partial charge on any atom is -0.508 e. The maximum Gasteiger partial charge on any atom is 0.233 e. The predicted octanol–water partition coefficient (Wildman–Crippen LogP) is 6.12. The molecule has 5 nitrogen and oxygen atoms in total. The maximum atomic E-state index is 14.7. The van der Waals surface area contributed by atoms with Gasteiger partial charge >= 0.3 is 0 Å². The standard InChI is InChI=1S/C30H26FNO4/c31-25-8-4-5-9-26(25)32-29(24(30(32)36)16-17-27(34)20-6-2-1-3-7-20)23-15-12-21(18-28(23)35)19-10-13-22(33)14-11-19/h1-15,18,24,27,29,33-35H,16-17H2/t24-,27+,29-/m1/s1. The number of benzene rings is 4. The quantitative estimate of drug-likeness (QED) is 0.277. The van der Waals surface area contributed by atoms with Crippen LogP contribution in [0.3, 0.4) is 0 Å². The molecule has 0 saturated carbocycles. The van der Waals surface area contributed by atoms with Gasteiger partial charge in [-0.15, -0.1) is 0 Å². The van der Waals surface area contributed by atoms with Crippen LogP contribution in [0.1, 0.15) is 36.1 Å². The monoisotopic (exact) mass is 483 g/mol. The van der Waals surface area contributed by atoms with Gasteiger partial charge in [-0.2, -0.15) is 0 Å². The van der Waals surface area contributed by atoms with Gasteiger partial charge in [-0.1, -0.05) is 66.7 Å². The molecule has 0 spiro atoms. The van der Waals surface area contributed by atoms with Crippen molar-refractivity contribution in [2.24, 2.45) is 5.92 Å². The Kier molecular flexibility index (Phi) is 6.44. The molecule has 4 aromatic carbocycles. The molecule has 5 rings (SSSR count). The maximum absolute atomic E-state index is 14.7. The number of phenols is 2. The first-order valence-corrected chi connectivity index (χ1v) is 11.9. The van der Waals surface area contributed by atoms with Crippen LogP contribution in [-0.2, 0) is 4.79 Å². The number of β-lactam (4-membered cyclic amide) rings is 1. The Hall–Kier alpha value is -4.16. The summed E-state index contributed by atoms with van der Waals surface area (Å²) < 4.78 is 14.7. The van der Waals surface area contributed by atoms with Gasteiger partial charge in [0.05, 0.1) is 23.8 Å². The molecule has 0 aliphatic carbocycles. The lowest BCUT2D eigenvalue weighted by Gasteiger charge is -2.48. The molecule has 6 heteroatoms. The molecule has 36 heavy (non-hydrogen) atoms. The SMILES string of the molecule is O=C1[C@H](CC[C@H](O)c2ccccc2)[C@@H](c2ccc(-c3ccc(O)cc3)cc2O)N1c1ccccc1F. The summed E-state index contributed by atoms with van der Waals surface area (Å²) in [6, 6.07) is 26.6. The zero-order chi connectivity index (χ0) is 25.2. The van der Waals surface area contributed by atoms with Crippen LogP contribution in [-0.4, -0.2) is 21.2 Å². The molecule has 3 atom stereocenters. The number of nitrogens with zero attached hydrogens (tertiary/aromatic N) is 1. The zero-order valence-corrected chi connectivity index (χ0v) is 19.5. The molecule has 1 aliphatic rings. The number of aliphatic hydroxyl groups excluding tert-OH is 1. The lowest BCUT2D eigenvalue weighted by atomic mass is 9.77. The number of anilines is 1. The molecule has 3 N–H and O–H groups in total. The molecule has 182 valence electrons. The van der Waals surface area contributed by atoms with Crippen molar-refractivity contribution in [3.63, 3.8) is 0 Å². The van der Waals surface area contributed by atoms with E-state index in [-0.39, 0.29) is 23.1 Å². The van der Waals surface area contributed by atoms with Crippen molar-refractivity contribution >= 4 is 11.6 Å². The minimum absolute atomic E-state index is 0.00646.